The topological polar surface area (TPSA) is 73.6 Å². The number of nitrogens with one attached hydrogen (secondary N) is 2. The second-order valence-corrected chi connectivity index (χ2v) is 2.41. The Labute approximate surface area is 76.8 Å². The third kappa shape index (κ3) is 3.05. The maximum absolute atomic E-state index is 8.55. The SMILES string of the molecule is CNCCNc1nccc(C#N)n1. The lowest BCUT2D eigenvalue weighted by Crippen LogP contribution is -2.18. The average Bonchev–Trinajstić information content (AvgIpc) is 2.19. The predicted molar refractivity (Wildman–Crippen MR) is 49.2 cm³/mol. The fraction of sp³-hybridized carbons (Fsp3) is 0.375. The highest BCUT2D eigenvalue weighted by molar-refractivity contribution is 5.29. The quantitative estimate of drug-likeness (QED) is 0.632. The van der Waals surface area contributed by atoms with Gasteiger partial charge in [-0.2, -0.15) is 5.26 Å². The first kappa shape index (κ1) is 9.42. The molecule has 0 spiro atoms. The zero-order valence-electron chi connectivity index (χ0n) is 7.41. The van der Waals surface area contributed by atoms with Gasteiger partial charge in [-0.25, -0.2) is 9.97 Å². The van der Waals surface area contributed by atoms with Gasteiger partial charge in [0.2, 0.25) is 5.95 Å². The largest absolute Gasteiger partial charge is 0.353 e. The van der Waals surface area contributed by atoms with Crippen molar-refractivity contribution in [1.82, 2.24) is 15.3 Å². The first-order chi connectivity index (χ1) is 6.36. The summed E-state index contributed by atoms with van der Waals surface area (Å²) in [6, 6.07) is 3.52. The highest BCUT2D eigenvalue weighted by Gasteiger charge is 1.95. The van der Waals surface area contributed by atoms with Crippen LogP contribution in [0.4, 0.5) is 5.95 Å². The van der Waals surface area contributed by atoms with Gasteiger partial charge in [0, 0.05) is 19.3 Å². The van der Waals surface area contributed by atoms with Crippen LogP contribution in [-0.4, -0.2) is 30.1 Å². The number of aromatic nitrogens is 2. The molecule has 0 atom stereocenters. The molecule has 0 saturated carbocycles. The average molecular weight is 177 g/mol. The summed E-state index contributed by atoms with van der Waals surface area (Å²) < 4.78 is 0. The fourth-order valence-corrected chi connectivity index (χ4v) is 0.805. The molecule has 0 unspecified atom stereocenters. The Hall–Kier alpha value is -1.67. The summed E-state index contributed by atoms with van der Waals surface area (Å²) in [5.74, 6) is 0.495. The number of hydrogen-bond acceptors (Lipinski definition) is 5. The van der Waals surface area contributed by atoms with Crippen LogP contribution in [0, 0.1) is 11.3 Å². The van der Waals surface area contributed by atoms with Gasteiger partial charge in [-0.05, 0) is 13.1 Å². The monoisotopic (exact) mass is 177 g/mol. The molecule has 1 aromatic heterocycles. The van der Waals surface area contributed by atoms with Crippen molar-refractivity contribution < 1.29 is 0 Å². The van der Waals surface area contributed by atoms with Crippen LogP contribution in [0.15, 0.2) is 12.3 Å². The van der Waals surface area contributed by atoms with Crippen molar-refractivity contribution in [2.45, 2.75) is 0 Å². The van der Waals surface area contributed by atoms with Gasteiger partial charge < -0.3 is 10.6 Å². The molecule has 0 aliphatic rings. The van der Waals surface area contributed by atoms with E-state index in [2.05, 4.69) is 20.6 Å². The second kappa shape index (κ2) is 5.06. The molecule has 1 aromatic rings. The van der Waals surface area contributed by atoms with Crippen LogP contribution in [0.2, 0.25) is 0 Å². The summed E-state index contributed by atoms with van der Waals surface area (Å²) in [6.07, 6.45) is 1.56. The summed E-state index contributed by atoms with van der Waals surface area (Å²) >= 11 is 0. The minimum Gasteiger partial charge on any atom is -0.353 e. The van der Waals surface area contributed by atoms with E-state index in [1.165, 1.54) is 0 Å². The molecule has 1 heterocycles. The van der Waals surface area contributed by atoms with Gasteiger partial charge in [-0.3, -0.25) is 0 Å². The van der Waals surface area contributed by atoms with E-state index in [1.54, 1.807) is 12.3 Å². The second-order valence-electron chi connectivity index (χ2n) is 2.41. The van der Waals surface area contributed by atoms with Gasteiger partial charge in [0.15, 0.2) is 0 Å². The molecule has 1 rings (SSSR count). The van der Waals surface area contributed by atoms with E-state index in [0.29, 0.717) is 11.6 Å². The zero-order valence-corrected chi connectivity index (χ0v) is 7.41. The Morgan fingerprint density at radius 2 is 2.38 bits per heavy atom. The summed E-state index contributed by atoms with van der Waals surface area (Å²) in [4.78, 5) is 7.91. The van der Waals surface area contributed by atoms with Crippen molar-refractivity contribution in [2.75, 3.05) is 25.5 Å². The lowest BCUT2D eigenvalue weighted by atomic mass is 10.4. The molecule has 0 aromatic carbocycles. The standard InChI is InChI=1S/C8H11N5/c1-10-4-5-12-8-11-3-2-7(6-9)13-8/h2-3,10H,4-5H2,1H3,(H,11,12,13). The summed E-state index contributed by atoms with van der Waals surface area (Å²) in [5.41, 5.74) is 0.377. The summed E-state index contributed by atoms with van der Waals surface area (Å²) in [6.45, 7) is 1.57. The van der Waals surface area contributed by atoms with Crippen LogP contribution < -0.4 is 10.6 Å². The van der Waals surface area contributed by atoms with Gasteiger partial charge in [-0.15, -0.1) is 0 Å². The Morgan fingerprint density at radius 3 is 3.08 bits per heavy atom. The number of nitriles is 1. The van der Waals surface area contributed by atoms with Gasteiger partial charge in [0.1, 0.15) is 11.8 Å². The molecule has 2 N–H and O–H groups in total. The van der Waals surface area contributed by atoms with Crippen molar-refractivity contribution in [3.8, 4) is 6.07 Å². The van der Waals surface area contributed by atoms with Gasteiger partial charge in [0.25, 0.3) is 0 Å². The van der Waals surface area contributed by atoms with Gasteiger partial charge in [-0.1, -0.05) is 0 Å². The minimum absolute atomic E-state index is 0.377. The molecule has 5 heteroatoms. The van der Waals surface area contributed by atoms with E-state index < -0.39 is 0 Å². The molecule has 0 aliphatic carbocycles. The Bertz CT molecular complexity index is 304. The number of anilines is 1. The van der Waals surface area contributed by atoms with Crippen LogP contribution >= 0.6 is 0 Å². The maximum atomic E-state index is 8.55. The molecule has 0 amide bonds. The van der Waals surface area contributed by atoms with Crippen LogP contribution in [0.25, 0.3) is 0 Å². The number of likely N-dealkylation sites (N-methyl/N-ethyl adjacent to an activating group) is 1. The molecule has 0 bridgehead atoms. The predicted octanol–water partition coefficient (Wildman–Crippen LogP) is -0.0204. The van der Waals surface area contributed by atoms with Crippen LogP contribution in [0.3, 0.4) is 0 Å². The van der Waals surface area contributed by atoms with Crippen LogP contribution in [0.5, 0.6) is 0 Å². The molecular weight excluding hydrogens is 166 g/mol. The summed E-state index contributed by atoms with van der Waals surface area (Å²) in [5, 5.41) is 14.5. The van der Waals surface area contributed by atoms with Crippen LogP contribution in [0.1, 0.15) is 5.69 Å². The first-order valence-electron chi connectivity index (χ1n) is 3.98. The van der Waals surface area contributed by atoms with E-state index in [1.807, 2.05) is 13.1 Å². The van der Waals surface area contributed by atoms with Crippen LogP contribution in [-0.2, 0) is 0 Å². The molecule has 13 heavy (non-hydrogen) atoms. The molecule has 0 fully saturated rings. The van der Waals surface area contributed by atoms with Crippen molar-refractivity contribution in [2.24, 2.45) is 0 Å². The molecule has 68 valence electrons. The van der Waals surface area contributed by atoms with Crippen molar-refractivity contribution in [3.63, 3.8) is 0 Å². The zero-order chi connectivity index (χ0) is 9.52. The van der Waals surface area contributed by atoms with E-state index in [9.17, 15) is 0 Å². The maximum Gasteiger partial charge on any atom is 0.223 e. The normalized spacial score (nSPS) is 9.23. The number of nitrogens with zero attached hydrogens (tertiary/aromatic N) is 3. The number of rotatable bonds is 4. The lowest BCUT2D eigenvalue weighted by Gasteiger charge is -2.02. The Kier molecular flexibility index (Phi) is 3.67. The van der Waals surface area contributed by atoms with E-state index in [0.717, 1.165) is 13.1 Å². The fourth-order valence-electron chi connectivity index (χ4n) is 0.805. The van der Waals surface area contributed by atoms with E-state index in [-0.39, 0.29) is 0 Å². The van der Waals surface area contributed by atoms with E-state index >= 15 is 0 Å². The summed E-state index contributed by atoms with van der Waals surface area (Å²) in [7, 11) is 1.87. The Morgan fingerprint density at radius 1 is 1.54 bits per heavy atom. The highest BCUT2D eigenvalue weighted by atomic mass is 15.1. The number of hydrogen-bond donors (Lipinski definition) is 2. The van der Waals surface area contributed by atoms with Crippen molar-refractivity contribution >= 4 is 5.95 Å². The molecule has 5 nitrogen and oxygen atoms in total. The third-order valence-electron chi connectivity index (χ3n) is 1.43. The smallest absolute Gasteiger partial charge is 0.223 e. The molecule has 0 aliphatic heterocycles. The first-order valence-corrected chi connectivity index (χ1v) is 3.98. The third-order valence-corrected chi connectivity index (χ3v) is 1.43. The van der Waals surface area contributed by atoms with Crippen molar-refractivity contribution in [3.05, 3.63) is 18.0 Å². The molecular formula is C8H11N5. The lowest BCUT2D eigenvalue weighted by molar-refractivity contribution is 0.817. The Balaban J connectivity index is 2.52. The van der Waals surface area contributed by atoms with Gasteiger partial charge in [0.05, 0.1) is 0 Å². The van der Waals surface area contributed by atoms with E-state index in [4.69, 9.17) is 5.26 Å². The van der Waals surface area contributed by atoms with Crippen molar-refractivity contribution in [1.29, 1.82) is 5.26 Å². The molecule has 0 saturated heterocycles. The minimum atomic E-state index is 0.377. The molecule has 0 radical (unpaired) electrons. The van der Waals surface area contributed by atoms with Gasteiger partial charge >= 0.3 is 0 Å². The highest BCUT2D eigenvalue weighted by Crippen LogP contribution is 1.97.